The van der Waals surface area contributed by atoms with Gasteiger partial charge in [0.1, 0.15) is 5.82 Å². The molecule has 0 spiro atoms. The summed E-state index contributed by atoms with van der Waals surface area (Å²) in [5.41, 5.74) is -3.02. The average molecular weight is 534 g/mol. The average Bonchev–Trinajstić information content (AvgIpc) is 2.77. The Bertz CT molecular complexity index is 1340. The van der Waals surface area contributed by atoms with Crippen LogP contribution in [0.3, 0.4) is 0 Å². The number of nitrogens with one attached hydrogen (secondary N) is 1. The van der Waals surface area contributed by atoms with Crippen LogP contribution in [0.25, 0.3) is 10.9 Å². The number of carbonyl (C=O) groups is 2. The van der Waals surface area contributed by atoms with E-state index >= 15 is 4.39 Å². The summed E-state index contributed by atoms with van der Waals surface area (Å²) in [4.78, 5) is 30.3. The van der Waals surface area contributed by atoms with Crippen molar-refractivity contribution in [2.24, 2.45) is 16.2 Å². The molecule has 2 atom stereocenters. The Morgan fingerprint density at radius 2 is 1.89 bits per heavy atom. The highest BCUT2D eigenvalue weighted by Gasteiger charge is 2.78. The quantitative estimate of drug-likeness (QED) is 0.445. The number of piperidine rings is 2. The molecule has 2 aromatic rings. The number of hydrogen-bond acceptors (Lipinski definition) is 5. The smallest absolute Gasteiger partial charge is 0.384 e. The van der Waals surface area contributed by atoms with E-state index in [0.717, 1.165) is 0 Å². The number of alkyl halides is 3. The van der Waals surface area contributed by atoms with Gasteiger partial charge in [0.05, 0.1) is 22.5 Å². The summed E-state index contributed by atoms with van der Waals surface area (Å²) in [5.74, 6) is -1.97. The summed E-state index contributed by atoms with van der Waals surface area (Å²) in [7, 11) is 0. The standard InChI is InChI=1S/C28H31F4N3O3/c1-24(2)14-35(15-25-11-26(12-25,13-25)28(30,31)32)8-7-27(24,38)19-4-5-20-18(22(19)29)9-16(10-33-20)17-3-6-21(36)34-23(17)37/h4-5,9-10,17,38H,3,6-8,11-15H2,1-2H3,(H,34,36,37). The second-order valence-electron chi connectivity index (χ2n) is 12.8. The highest BCUT2D eigenvalue weighted by molar-refractivity contribution is 6.01. The van der Waals surface area contributed by atoms with E-state index in [9.17, 15) is 27.9 Å². The topological polar surface area (TPSA) is 82.5 Å². The van der Waals surface area contributed by atoms with Crippen LogP contribution < -0.4 is 5.32 Å². The van der Waals surface area contributed by atoms with E-state index < -0.39 is 40.2 Å². The number of aliphatic hydroxyl groups is 1. The minimum absolute atomic E-state index is 0.151. The Hall–Kier alpha value is -2.59. The van der Waals surface area contributed by atoms with Crippen LogP contribution in [0.4, 0.5) is 17.6 Å². The third-order valence-electron chi connectivity index (χ3n) is 9.74. The van der Waals surface area contributed by atoms with Crippen LogP contribution in [-0.2, 0) is 15.2 Å². The Labute approximate surface area is 217 Å². The molecule has 2 saturated heterocycles. The van der Waals surface area contributed by atoms with Gasteiger partial charge in [-0.25, -0.2) is 4.39 Å². The second-order valence-corrected chi connectivity index (χ2v) is 12.8. The molecule has 3 heterocycles. The number of hydrogen-bond donors (Lipinski definition) is 2. The Balaban J connectivity index is 1.23. The molecule has 2 amide bonds. The molecule has 10 heteroatoms. The highest BCUT2D eigenvalue weighted by atomic mass is 19.4. The van der Waals surface area contributed by atoms with Crippen molar-refractivity contribution in [2.45, 2.75) is 70.1 Å². The molecule has 1 aromatic heterocycles. The number of nitrogens with zero attached hydrogens (tertiary/aromatic N) is 2. The van der Waals surface area contributed by atoms with Gasteiger partial charge in [-0.15, -0.1) is 0 Å². The van der Waals surface area contributed by atoms with E-state index in [4.69, 9.17) is 0 Å². The van der Waals surface area contributed by atoms with Crippen LogP contribution in [0.5, 0.6) is 0 Å². The molecule has 3 aliphatic carbocycles. The van der Waals surface area contributed by atoms with Crippen molar-refractivity contribution in [3.05, 3.63) is 41.3 Å². The maximum Gasteiger partial charge on any atom is 0.394 e. The lowest BCUT2D eigenvalue weighted by Gasteiger charge is -2.72. The van der Waals surface area contributed by atoms with Crippen LogP contribution in [0.2, 0.25) is 0 Å². The molecular formula is C28H31F4N3O3. The van der Waals surface area contributed by atoms with Crippen molar-refractivity contribution in [1.82, 2.24) is 15.2 Å². The first-order valence-electron chi connectivity index (χ1n) is 13.1. The maximum atomic E-state index is 16.1. The molecule has 0 radical (unpaired) electrons. The molecule has 3 saturated carbocycles. The zero-order valence-corrected chi connectivity index (χ0v) is 21.4. The number of carbonyl (C=O) groups excluding carboxylic acids is 2. The third kappa shape index (κ3) is 3.62. The molecule has 2 aliphatic heterocycles. The van der Waals surface area contributed by atoms with Crippen molar-refractivity contribution < 1.29 is 32.3 Å². The minimum Gasteiger partial charge on any atom is -0.384 e. The lowest BCUT2D eigenvalue weighted by Crippen LogP contribution is -2.71. The summed E-state index contributed by atoms with van der Waals surface area (Å²) in [6.45, 7) is 5.16. The van der Waals surface area contributed by atoms with E-state index in [2.05, 4.69) is 15.2 Å². The molecule has 204 valence electrons. The number of halogens is 4. The van der Waals surface area contributed by atoms with Crippen LogP contribution in [0.1, 0.15) is 69.4 Å². The van der Waals surface area contributed by atoms with Crippen LogP contribution in [-0.4, -0.2) is 52.6 Å². The number of likely N-dealkylation sites (tertiary alicyclic amines) is 1. The van der Waals surface area contributed by atoms with Crippen molar-refractivity contribution >= 4 is 22.7 Å². The number of amides is 2. The SMILES string of the molecule is CC1(C)CN(CC23CC(C(F)(F)F)(C2)C3)CCC1(O)c1ccc2ncc(C3CCC(=O)NC3=O)cc2c1F. The maximum absolute atomic E-state index is 16.1. The monoisotopic (exact) mass is 533 g/mol. The second kappa shape index (κ2) is 7.97. The fourth-order valence-electron chi connectivity index (χ4n) is 7.70. The van der Waals surface area contributed by atoms with E-state index in [-0.39, 0.29) is 54.4 Å². The fraction of sp³-hybridized carbons (Fsp3) is 0.607. The molecule has 2 bridgehead atoms. The van der Waals surface area contributed by atoms with Gasteiger partial charge in [-0.1, -0.05) is 19.9 Å². The zero-order chi connectivity index (χ0) is 27.3. The first-order chi connectivity index (χ1) is 17.7. The first kappa shape index (κ1) is 25.7. The summed E-state index contributed by atoms with van der Waals surface area (Å²) in [6.07, 6.45) is -1.35. The van der Waals surface area contributed by atoms with Gasteiger partial charge in [-0.05, 0) is 55.2 Å². The minimum atomic E-state index is -4.14. The largest absolute Gasteiger partial charge is 0.394 e. The first-order valence-corrected chi connectivity index (χ1v) is 13.1. The fourth-order valence-corrected chi connectivity index (χ4v) is 7.70. The third-order valence-corrected chi connectivity index (χ3v) is 9.74. The van der Waals surface area contributed by atoms with Crippen molar-refractivity contribution in [3.63, 3.8) is 0 Å². The van der Waals surface area contributed by atoms with Crippen molar-refractivity contribution in [2.75, 3.05) is 19.6 Å². The molecule has 6 nitrogen and oxygen atoms in total. The lowest BCUT2D eigenvalue weighted by molar-refractivity contribution is -0.366. The zero-order valence-electron chi connectivity index (χ0n) is 21.4. The Morgan fingerprint density at radius 1 is 1.18 bits per heavy atom. The van der Waals surface area contributed by atoms with Gasteiger partial charge in [0.15, 0.2) is 0 Å². The Kier molecular flexibility index (Phi) is 5.39. The van der Waals surface area contributed by atoms with Gasteiger partial charge in [0, 0.05) is 48.6 Å². The number of rotatable bonds is 4. The van der Waals surface area contributed by atoms with Crippen molar-refractivity contribution in [3.8, 4) is 0 Å². The number of imide groups is 1. The van der Waals surface area contributed by atoms with Crippen LogP contribution in [0.15, 0.2) is 24.4 Å². The van der Waals surface area contributed by atoms with E-state index in [0.29, 0.717) is 37.1 Å². The van der Waals surface area contributed by atoms with E-state index in [1.807, 2.05) is 13.8 Å². The predicted octanol–water partition coefficient (Wildman–Crippen LogP) is 4.55. The van der Waals surface area contributed by atoms with Crippen molar-refractivity contribution in [1.29, 1.82) is 0 Å². The molecule has 5 aliphatic rings. The number of fused-ring (bicyclic) bond motifs is 1. The van der Waals surface area contributed by atoms with Gasteiger partial charge in [-0.3, -0.25) is 19.9 Å². The molecule has 2 unspecified atom stereocenters. The van der Waals surface area contributed by atoms with Crippen LogP contribution >= 0.6 is 0 Å². The predicted molar refractivity (Wildman–Crippen MR) is 130 cm³/mol. The van der Waals surface area contributed by atoms with Gasteiger partial charge in [0.2, 0.25) is 11.8 Å². The van der Waals surface area contributed by atoms with Gasteiger partial charge < -0.3 is 10.0 Å². The number of benzene rings is 1. The number of pyridine rings is 1. The number of aromatic nitrogens is 1. The summed E-state index contributed by atoms with van der Waals surface area (Å²) in [5, 5.41) is 14.4. The van der Waals surface area contributed by atoms with E-state index in [1.165, 1.54) is 6.20 Å². The molecule has 5 fully saturated rings. The molecule has 1 aromatic carbocycles. The molecular weight excluding hydrogens is 502 g/mol. The van der Waals surface area contributed by atoms with E-state index in [1.54, 1.807) is 18.2 Å². The van der Waals surface area contributed by atoms with Gasteiger partial charge in [-0.2, -0.15) is 13.2 Å². The molecule has 2 N–H and O–H groups in total. The highest BCUT2D eigenvalue weighted by Crippen LogP contribution is 2.78. The summed E-state index contributed by atoms with van der Waals surface area (Å²) in [6, 6.07) is 4.79. The summed E-state index contributed by atoms with van der Waals surface area (Å²) >= 11 is 0. The lowest BCUT2D eigenvalue weighted by atomic mass is 9.34. The Morgan fingerprint density at radius 3 is 2.53 bits per heavy atom. The van der Waals surface area contributed by atoms with Gasteiger partial charge in [0.25, 0.3) is 0 Å². The summed E-state index contributed by atoms with van der Waals surface area (Å²) < 4.78 is 55.9. The molecule has 38 heavy (non-hydrogen) atoms. The van der Waals surface area contributed by atoms with Crippen LogP contribution in [0, 0.1) is 22.1 Å². The normalized spacial score (nSPS) is 35.0. The molecule has 7 rings (SSSR count). The van der Waals surface area contributed by atoms with Gasteiger partial charge >= 0.3 is 6.18 Å².